The Hall–Kier alpha value is -2.10. The Balaban J connectivity index is 2.52. The molecule has 0 fully saturated rings. The highest BCUT2D eigenvalue weighted by Gasteiger charge is 2.08. The molecule has 0 saturated heterocycles. The monoisotopic (exact) mass is 273 g/mol. The van der Waals surface area contributed by atoms with Crippen LogP contribution >= 0.6 is 0 Å². The Bertz CT molecular complexity index is 656. The molecule has 0 saturated carbocycles. The summed E-state index contributed by atoms with van der Waals surface area (Å²) in [5.41, 5.74) is 2.13. The number of nitrogens with zero attached hydrogens (tertiary/aromatic N) is 1. The summed E-state index contributed by atoms with van der Waals surface area (Å²) in [6, 6.07) is 7.36. The van der Waals surface area contributed by atoms with Gasteiger partial charge in [-0.15, -0.1) is 0 Å². The Labute approximate surface area is 118 Å². The highest BCUT2D eigenvalue weighted by atomic mass is 16.4. The number of rotatable bonds is 6. The van der Waals surface area contributed by atoms with Gasteiger partial charge in [0.2, 0.25) is 0 Å². The smallest absolute Gasteiger partial charge is 0.336 e. The zero-order chi connectivity index (χ0) is 14.5. The molecule has 0 unspecified atom stereocenters. The number of hydrogen-bond acceptors (Lipinski definition) is 4. The second-order valence-electron chi connectivity index (χ2n) is 4.65. The average Bonchev–Trinajstić information content (AvgIpc) is 2.45. The topological polar surface area (TPSA) is 50.5 Å². The van der Waals surface area contributed by atoms with Crippen LogP contribution in [0, 0.1) is 0 Å². The standard InChI is InChI=1S/C16H19NO3/c1-3-17(4-2)13-7-8-14-12(6-5-9-18)10-16(19)20-15(14)11-13/h7-11H,3-6H2,1-2H3. The van der Waals surface area contributed by atoms with Gasteiger partial charge < -0.3 is 14.1 Å². The third-order valence-electron chi connectivity index (χ3n) is 3.47. The van der Waals surface area contributed by atoms with Crippen molar-refractivity contribution in [1.29, 1.82) is 0 Å². The van der Waals surface area contributed by atoms with Gasteiger partial charge in [0.05, 0.1) is 0 Å². The first-order chi connectivity index (χ1) is 9.69. The third-order valence-corrected chi connectivity index (χ3v) is 3.47. The molecule has 4 nitrogen and oxygen atoms in total. The van der Waals surface area contributed by atoms with Crippen molar-refractivity contribution < 1.29 is 9.21 Å². The van der Waals surface area contributed by atoms with Crippen LogP contribution in [0.5, 0.6) is 0 Å². The van der Waals surface area contributed by atoms with Crippen LogP contribution in [-0.2, 0) is 11.2 Å². The molecule has 0 aliphatic heterocycles. The minimum Gasteiger partial charge on any atom is -0.423 e. The normalized spacial score (nSPS) is 10.7. The van der Waals surface area contributed by atoms with Crippen molar-refractivity contribution in [2.45, 2.75) is 26.7 Å². The van der Waals surface area contributed by atoms with E-state index in [0.29, 0.717) is 18.4 Å². The minimum atomic E-state index is -0.366. The summed E-state index contributed by atoms with van der Waals surface area (Å²) in [6.07, 6.45) is 1.84. The summed E-state index contributed by atoms with van der Waals surface area (Å²) in [6.45, 7) is 5.98. The summed E-state index contributed by atoms with van der Waals surface area (Å²) in [7, 11) is 0. The molecule has 0 N–H and O–H groups in total. The average molecular weight is 273 g/mol. The second-order valence-corrected chi connectivity index (χ2v) is 4.65. The SMILES string of the molecule is CCN(CC)c1ccc2c(CCC=O)cc(=O)oc2c1. The van der Waals surface area contributed by atoms with Gasteiger partial charge in [-0.3, -0.25) is 0 Å². The maximum Gasteiger partial charge on any atom is 0.336 e. The number of aldehydes is 1. The fourth-order valence-electron chi connectivity index (χ4n) is 2.43. The van der Waals surface area contributed by atoms with Gasteiger partial charge in [-0.1, -0.05) is 0 Å². The fraction of sp³-hybridized carbons (Fsp3) is 0.375. The van der Waals surface area contributed by atoms with E-state index in [1.807, 2.05) is 18.2 Å². The third kappa shape index (κ3) is 2.90. The summed E-state index contributed by atoms with van der Waals surface area (Å²) in [5.74, 6) is 0. The molecule has 0 radical (unpaired) electrons. The molecule has 0 bridgehead atoms. The molecule has 4 heteroatoms. The predicted octanol–water partition coefficient (Wildman–Crippen LogP) is 2.77. The number of hydrogen-bond donors (Lipinski definition) is 0. The number of anilines is 1. The zero-order valence-electron chi connectivity index (χ0n) is 11.9. The summed E-state index contributed by atoms with van der Waals surface area (Å²) in [5, 5.41) is 0.905. The maximum atomic E-state index is 11.6. The lowest BCUT2D eigenvalue weighted by Crippen LogP contribution is -2.21. The van der Waals surface area contributed by atoms with Gasteiger partial charge in [-0.2, -0.15) is 0 Å². The molecule has 1 aromatic carbocycles. The summed E-state index contributed by atoms with van der Waals surface area (Å²) < 4.78 is 5.29. The quantitative estimate of drug-likeness (QED) is 0.600. The Kier molecular flexibility index (Phi) is 4.56. The van der Waals surface area contributed by atoms with E-state index in [-0.39, 0.29) is 5.63 Å². The molecule has 0 aliphatic rings. The van der Waals surface area contributed by atoms with Gasteiger partial charge in [0.1, 0.15) is 11.9 Å². The van der Waals surface area contributed by atoms with E-state index < -0.39 is 0 Å². The second kappa shape index (κ2) is 6.37. The van der Waals surface area contributed by atoms with E-state index in [1.165, 1.54) is 6.07 Å². The molecule has 0 atom stereocenters. The van der Waals surface area contributed by atoms with E-state index in [0.717, 1.165) is 36.0 Å². The molecule has 1 aromatic heterocycles. The van der Waals surface area contributed by atoms with Crippen LogP contribution in [0.1, 0.15) is 25.8 Å². The van der Waals surface area contributed by atoms with Crippen LogP contribution in [0.4, 0.5) is 5.69 Å². The van der Waals surface area contributed by atoms with Crippen LogP contribution in [-0.4, -0.2) is 19.4 Å². The van der Waals surface area contributed by atoms with Crippen LogP contribution in [0.25, 0.3) is 11.0 Å². The first kappa shape index (κ1) is 14.3. The molecule has 2 aromatic rings. The van der Waals surface area contributed by atoms with Crippen LogP contribution in [0.2, 0.25) is 0 Å². The lowest BCUT2D eigenvalue weighted by molar-refractivity contribution is -0.107. The van der Waals surface area contributed by atoms with Crippen LogP contribution in [0.3, 0.4) is 0 Å². The fourth-order valence-corrected chi connectivity index (χ4v) is 2.43. The van der Waals surface area contributed by atoms with E-state index in [2.05, 4.69) is 18.7 Å². The molecule has 2 rings (SSSR count). The number of benzene rings is 1. The van der Waals surface area contributed by atoms with Gasteiger partial charge in [0.15, 0.2) is 0 Å². The van der Waals surface area contributed by atoms with Crippen molar-refractivity contribution in [3.05, 3.63) is 40.2 Å². The molecular formula is C16H19NO3. The first-order valence-corrected chi connectivity index (χ1v) is 6.95. The van der Waals surface area contributed by atoms with Crippen LogP contribution < -0.4 is 10.5 Å². The molecule has 106 valence electrons. The minimum absolute atomic E-state index is 0.366. The number of aryl methyl sites for hydroxylation is 1. The van der Waals surface area contributed by atoms with Crippen molar-refractivity contribution in [3.63, 3.8) is 0 Å². The molecule has 0 aliphatic carbocycles. The van der Waals surface area contributed by atoms with Crippen molar-refractivity contribution in [3.8, 4) is 0 Å². The lowest BCUT2D eigenvalue weighted by atomic mass is 10.1. The molecular weight excluding hydrogens is 254 g/mol. The molecule has 0 amide bonds. The van der Waals surface area contributed by atoms with Gasteiger partial charge in [0, 0.05) is 42.7 Å². The van der Waals surface area contributed by atoms with E-state index >= 15 is 0 Å². The van der Waals surface area contributed by atoms with Crippen molar-refractivity contribution in [2.24, 2.45) is 0 Å². The van der Waals surface area contributed by atoms with Crippen molar-refractivity contribution in [1.82, 2.24) is 0 Å². The van der Waals surface area contributed by atoms with Gasteiger partial charge in [0.25, 0.3) is 0 Å². The van der Waals surface area contributed by atoms with Gasteiger partial charge in [-0.25, -0.2) is 4.79 Å². The largest absolute Gasteiger partial charge is 0.423 e. The Morgan fingerprint density at radius 1 is 1.20 bits per heavy atom. The maximum absolute atomic E-state index is 11.6. The first-order valence-electron chi connectivity index (χ1n) is 6.95. The Morgan fingerprint density at radius 2 is 1.95 bits per heavy atom. The zero-order valence-corrected chi connectivity index (χ0v) is 11.9. The lowest BCUT2D eigenvalue weighted by Gasteiger charge is -2.21. The van der Waals surface area contributed by atoms with Gasteiger partial charge >= 0.3 is 5.63 Å². The van der Waals surface area contributed by atoms with E-state index in [4.69, 9.17) is 4.42 Å². The van der Waals surface area contributed by atoms with Gasteiger partial charge in [-0.05, 0) is 38.0 Å². The molecule has 1 heterocycles. The van der Waals surface area contributed by atoms with Crippen molar-refractivity contribution in [2.75, 3.05) is 18.0 Å². The highest BCUT2D eigenvalue weighted by molar-refractivity contribution is 5.83. The van der Waals surface area contributed by atoms with Crippen LogP contribution in [0.15, 0.2) is 33.5 Å². The highest BCUT2D eigenvalue weighted by Crippen LogP contribution is 2.24. The number of carbonyl (C=O) groups excluding carboxylic acids is 1. The number of fused-ring (bicyclic) bond motifs is 1. The van der Waals surface area contributed by atoms with Crippen molar-refractivity contribution >= 4 is 22.9 Å². The molecule has 0 spiro atoms. The summed E-state index contributed by atoms with van der Waals surface area (Å²) in [4.78, 5) is 24.3. The predicted molar refractivity (Wildman–Crippen MR) is 80.4 cm³/mol. The van der Waals surface area contributed by atoms with E-state index in [1.54, 1.807) is 0 Å². The number of carbonyl (C=O) groups is 1. The Morgan fingerprint density at radius 3 is 2.60 bits per heavy atom. The summed E-state index contributed by atoms with van der Waals surface area (Å²) >= 11 is 0. The van der Waals surface area contributed by atoms with E-state index in [9.17, 15) is 9.59 Å². The molecule has 20 heavy (non-hydrogen) atoms.